The van der Waals surface area contributed by atoms with E-state index in [-0.39, 0.29) is 25.2 Å². The monoisotopic (exact) mass is 651 g/mol. The van der Waals surface area contributed by atoms with Crippen molar-refractivity contribution in [3.05, 3.63) is 12.2 Å². The zero-order valence-electron chi connectivity index (χ0n) is 30.9. The van der Waals surface area contributed by atoms with Crippen molar-refractivity contribution in [3.8, 4) is 0 Å². The molecule has 0 amide bonds. The SMILES string of the molecule is CCCCCC/C=C\CCCCCCCC(=O)OC(CO)COC(=O)CCCCCCCCCCCCCCCCCCCCC. The quantitative estimate of drug-likeness (QED) is 0.0411. The van der Waals surface area contributed by atoms with Crippen molar-refractivity contribution in [2.24, 2.45) is 0 Å². The molecule has 0 fully saturated rings. The van der Waals surface area contributed by atoms with Crippen LogP contribution in [0.5, 0.6) is 0 Å². The van der Waals surface area contributed by atoms with Crippen LogP contribution in [-0.4, -0.2) is 36.4 Å². The molecule has 46 heavy (non-hydrogen) atoms. The zero-order chi connectivity index (χ0) is 33.6. The molecule has 0 saturated carbocycles. The summed E-state index contributed by atoms with van der Waals surface area (Å²) in [5.74, 6) is -0.590. The van der Waals surface area contributed by atoms with Crippen molar-refractivity contribution in [3.63, 3.8) is 0 Å². The molecular formula is C41H78O5. The third-order valence-corrected chi connectivity index (χ3v) is 9.06. The Morgan fingerprint density at radius 3 is 1.20 bits per heavy atom. The molecule has 0 saturated heterocycles. The second kappa shape index (κ2) is 38.1. The summed E-state index contributed by atoms with van der Waals surface area (Å²) in [5.41, 5.74) is 0. The van der Waals surface area contributed by atoms with Crippen LogP contribution in [0.2, 0.25) is 0 Å². The van der Waals surface area contributed by atoms with E-state index in [0.29, 0.717) is 12.8 Å². The molecule has 272 valence electrons. The average molecular weight is 651 g/mol. The topological polar surface area (TPSA) is 72.8 Å². The number of carbonyl (C=O) groups excluding carboxylic acids is 2. The normalized spacial score (nSPS) is 12.2. The molecule has 0 aliphatic heterocycles. The first-order valence-electron chi connectivity index (χ1n) is 20.2. The lowest BCUT2D eigenvalue weighted by Crippen LogP contribution is -2.28. The van der Waals surface area contributed by atoms with Crippen LogP contribution >= 0.6 is 0 Å². The number of hydrogen-bond donors (Lipinski definition) is 1. The minimum atomic E-state index is -0.768. The number of carbonyl (C=O) groups is 2. The van der Waals surface area contributed by atoms with E-state index in [2.05, 4.69) is 26.0 Å². The summed E-state index contributed by atoms with van der Waals surface area (Å²) in [6, 6.07) is 0. The third-order valence-electron chi connectivity index (χ3n) is 9.06. The summed E-state index contributed by atoms with van der Waals surface area (Å²) in [4.78, 5) is 24.2. The molecule has 1 unspecified atom stereocenters. The standard InChI is InChI=1S/C41H78O5/c1-3-5-7-9-11-13-15-17-18-19-20-21-22-24-25-27-29-31-33-35-40(43)45-38-39(37-42)46-41(44)36-34-32-30-28-26-23-16-14-12-10-8-6-4-2/h14,16,39,42H,3-13,15,17-38H2,1-2H3/b16-14-. The van der Waals surface area contributed by atoms with Crippen molar-refractivity contribution in [1.29, 1.82) is 0 Å². The minimum Gasteiger partial charge on any atom is -0.462 e. The fourth-order valence-electron chi connectivity index (χ4n) is 5.96. The summed E-state index contributed by atoms with van der Waals surface area (Å²) >= 11 is 0. The number of esters is 2. The van der Waals surface area contributed by atoms with Gasteiger partial charge in [0.25, 0.3) is 0 Å². The molecule has 0 radical (unpaired) electrons. The maximum Gasteiger partial charge on any atom is 0.306 e. The highest BCUT2D eigenvalue weighted by Gasteiger charge is 2.16. The highest BCUT2D eigenvalue weighted by molar-refractivity contribution is 5.70. The second-order valence-corrected chi connectivity index (χ2v) is 13.7. The number of allylic oxidation sites excluding steroid dienone is 2. The predicted octanol–water partition coefficient (Wildman–Crippen LogP) is 12.5. The summed E-state index contributed by atoms with van der Waals surface area (Å²) in [5, 5.41) is 9.54. The molecule has 0 bridgehead atoms. The highest BCUT2D eigenvalue weighted by atomic mass is 16.6. The highest BCUT2D eigenvalue weighted by Crippen LogP contribution is 2.15. The van der Waals surface area contributed by atoms with Gasteiger partial charge in [-0.05, 0) is 38.5 Å². The number of rotatable bonds is 37. The Hall–Kier alpha value is -1.36. The maximum absolute atomic E-state index is 12.1. The van der Waals surface area contributed by atoms with Gasteiger partial charge in [-0.15, -0.1) is 0 Å². The Morgan fingerprint density at radius 1 is 0.478 bits per heavy atom. The molecule has 0 heterocycles. The Balaban J connectivity index is 3.49. The molecule has 0 spiro atoms. The first-order chi connectivity index (χ1) is 22.6. The first-order valence-corrected chi connectivity index (χ1v) is 20.2. The van der Waals surface area contributed by atoms with Gasteiger partial charge in [-0.1, -0.05) is 180 Å². The summed E-state index contributed by atoms with van der Waals surface area (Å²) in [7, 11) is 0. The molecule has 5 heteroatoms. The molecule has 1 N–H and O–H groups in total. The molecule has 5 nitrogen and oxygen atoms in total. The van der Waals surface area contributed by atoms with Crippen LogP contribution in [0.4, 0.5) is 0 Å². The van der Waals surface area contributed by atoms with Crippen molar-refractivity contribution < 1.29 is 24.2 Å². The summed E-state index contributed by atoms with van der Waals surface area (Å²) in [6.07, 6.45) is 42.8. The van der Waals surface area contributed by atoms with Gasteiger partial charge >= 0.3 is 11.9 Å². The van der Waals surface area contributed by atoms with E-state index >= 15 is 0 Å². The van der Waals surface area contributed by atoms with E-state index in [4.69, 9.17) is 9.47 Å². The number of aliphatic hydroxyl groups excluding tert-OH is 1. The largest absolute Gasteiger partial charge is 0.462 e. The van der Waals surface area contributed by atoms with E-state index in [1.54, 1.807) is 0 Å². The second-order valence-electron chi connectivity index (χ2n) is 13.7. The van der Waals surface area contributed by atoms with Gasteiger partial charge in [0.05, 0.1) is 6.61 Å². The van der Waals surface area contributed by atoms with E-state index in [9.17, 15) is 14.7 Å². The van der Waals surface area contributed by atoms with Gasteiger partial charge in [0, 0.05) is 12.8 Å². The lowest BCUT2D eigenvalue weighted by molar-refractivity contribution is -0.161. The first kappa shape index (κ1) is 44.6. The Kier molecular flexibility index (Phi) is 37.0. The molecule has 0 aromatic rings. The Morgan fingerprint density at radius 2 is 0.804 bits per heavy atom. The van der Waals surface area contributed by atoms with Crippen LogP contribution in [0.15, 0.2) is 12.2 Å². The molecular weight excluding hydrogens is 572 g/mol. The fraction of sp³-hybridized carbons (Fsp3) is 0.902. The van der Waals surface area contributed by atoms with Crippen LogP contribution in [0.25, 0.3) is 0 Å². The van der Waals surface area contributed by atoms with E-state index < -0.39 is 6.10 Å². The van der Waals surface area contributed by atoms with E-state index in [0.717, 1.165) is 38.5 Å². The van der Waals surface area contributed by atoms with Crippen LogP contribution < -0.4 is 0 Å². The molecule has 0 aliphatic rings. The zero-order valence-corrected chi connectivity index (χ0v) is 30.9. The smallest absolute Gasteiger partial charge is 0.306 e. The number of ether oxygens (including phenoxy) is 2. The van der Waals surface area contributed by atoms with Crippen LogP contribution in [0, 0.1) is 0 Å². The van der Waals surface area contributed by atoms with Crippen LogP contribution in [-0.2, 0) is 19.1 Å². The molecule has 0 aromatic carbocycles. The van der Waals surface area contributed by atoms with E-state index in [1.807, 2.05) is 0 Å². The summed E-state index contributed by atoms with van der Waals surface area (Å²) < 4.78 is 10.6. The Bertz CT molecular complexity index is 661. The average Bonchev–Trinajstić information content (AvgIpc) is 3.06. The lowest BCUT2D eigenvalue weighted by atomic mass is 10.0. The fourth-order valence-corrected chi connectivity index (χ4v) is 5.96. The maximum atomic E-state index is 12.1. The van der Waals surface area contributed by atoms with Gasteiger partial charge in [0.15, 0.2) is 6.10 Å². The van der Waals surface area contributed by atoms with E-state index in [1.165, 1.54) is 154 Å². The van der Waals surface area contributed by atoms with Crippen molar-refractivity contribution in [2.45, 2.75) is 225 Å². The number of unbranched alkanes of at least 4 members (excludes halogenated alkanes) is 27. The third kappa shape index (κ3) is 35.5. The van der Waals surface area contributed by atoms with Crippen molar-refractivity contribution in [1.82, 2.24) is 0 Å². The molecule has 0 aromatic heterocycles. The van der Waals surface area contributed by atoms with Gasteiger partial charge in [-0.2, -0.15) is 0 Å². The molecule has 1 atom stereocenters. The van der Waals surface area contributed by atoms with Gasteiger partial charge in [0.1, 0.15) is 6.61 Å². The van der Waals surface area contributed by atoms with Crippen LogP contribution in [0.1, 0.15) is 219 Å². The number of aliphatic hydroxyl groups is 1. The van der Waals surface area contributed by atoms with Gasteiger partial charge in [-0.3, -0.25) is 9.59 Å². The predicted molar refractivity (Wildman–Crippen MR) is 196 cm³/mol. The van der Waals surface area contributed by atoms with Gasteiger partial charge < -0.3 is 14.6 Å². The lowest BCUT2D eigenvalue weighted by Gasteiger charge is -2.15. The van der Waals surface area contributed by atoms with Crippen LogP contribution in [0.3, 0.4) is 0 Å². The molecule has 0 aliphatic carbocycles. The minimum absolute atomic E-state index is 0.0632. The summed E-state index contributed by atoms with van der Waals surface area (Å²) in [6.45, 7) is 4.13. The number of hydrogen-bond acceptors (Lipinski definition) is 5. The van der Waals surface area contributed by atoms with Gasteiger partial charge in [0.2, 0.25) is 0 Å². The Labute approximate surface area is 286 Å². The van der Waals surface area contributed by atoms with Crippen molar-refractivity contribution in [2.75, 3.05) is 13.2 Å². The van der Waals surface area contributed by atoms with Crippen molar-refractivity contribution >= 4 is 11.9 Å². The van der Waals surface area contributed by atoms with Gasteiger partial charge in [-0.25, -0.2) is 0 Å². The molecule has 0 rings (SSSR count).